The molecule has 1 unspecified atom stereocenters. The Morgan fingerprint density at radius 1 is 1.38 bits per heavy atom. The molecule has 0 aliphatic carbocycles. The molecule has 0 heterocycles. The molecule has 0 spiro atoms. The van der Waals surface area contributed by atoms with E-state index in [1.54, 1.807) is 0 Å². The number of carbonyl (C=O) groups is 1. The first-order chi connectivity index (χ1) is 7.37. The number of hydrogen-bond acceptors (Lipinski definition) is 2. The third-order valence-corrected chi connectivity index (χ3v) is 2.09. The predicted octanol–water partition coefficient (Wildman–Crippen LogP) is 1.68. The summed E-state index contributed by atoms with van der Waals surface area (Å²) >= 11 is 0. The van der Waals surface area contributed by atoms with Crippen molar-refractivity contribution in [1.82, 2.24) is 10.6 Å². The molecule has 1 amide bonds. The van der Waals surface area contributed by atoms with Crippen LogP contribution in [0.25, 0.3) is 0 Å². The third kappa shape index (κ3) is 8.31. The SMILES string of the molecule is C#CCCCCNC(C)C(=O)NC(C)(C)C. The molecule has 0 aromatic heterocycles. The van der Waals surface area contributed by atoms with Crippen molar-refractivity contribution in [3.05, 3.63) is 0 Å². The number of rotatable bonds is 6. The molecule has 0 aromatic rings. The maximum Gasteiger partial charge on any atom is 0.237 e. The minimum atomic E-state index is -0.170. The van der Waals surface area contributed by atoms with Gasteiger partial charge in [0.1, 0.15) is 0 Å². The fourth-order valence-electron chi connectivity index (χ4n) is 1.24. The lowest BCUT2D eigenvalue weighted by Gasteiger charge is -2.23. The average molecular weight is 224 g/mol. The zero-order chi connectivity index (χ0) is 12.6. The highest BCUT2D eigenvalue weighted by Gasteiger charge is 2.18. The van der Waals surface area contributed by atoms with Gasteiger partial charge in [0.05, 0.1) is 6.04 Å². The Morgan fingerprint density at radius 3 is 2.50 bits per heavy atom. The van der Waals surface area contributed by atoms with Gasteiger partial charge < -0.3 is 10.6 Å². The lowest BCUT2D eigenvalue weighted by Crippen LogP contribution is -2.49. The van der Waals surface area contributed by atoms with E-state index >= 15 is 0 Å². The van der Waals surface area contributed by atoms with E-state index in [1.807, 2.05) is 27.7 Å². The minimum absolute atomic E-state index is 0.0458. The summed E-state index contributed by atoms with van der Waals surface area (Å²) < 4.78 is 0. The van der Waals surface area contributed by atoms with Crippen LogP contribution >= 0.6 is 0 Å². The fourth-order valence-corrected chi connectivity index (χ4v) is 1.24. The highest BCUT2D eigenvalue weighted by Crippen LogP contribution is 1.99. The Balaban J connectivity index is 3.68. The summed E-state index contributed by atoms with van der Waals surface area (Å²) in [5, 5.41) is 6.12. The summed E-state index contributed by atoms with van der Waals surface area (Å²) in [5.41, 5.74) is -0.170. The topological polar surface area (TPSA) is 41.1 Å². The van der Waals surface area contributed by atoms with Crippen LogP contribution in [0.4, 0.5) is 0 Å². The van der Waals surface area contributed by atoms with Crippen LogP contribution in [0.5, 0.6) is 0 Å². The Hall–Kier alpha value is -1.01. The van der Waals surface area contributed by atoms with E-state index in [1.165, 1.54) is 0 Å². The van der Waals surface area contributed by atoms with Crippen molar-refractivity contribution in [3.8, 4) is 12.3 Å². The van der Waals surface area contributed by atoms with Crippen LogP contribution in [0.2, 0.25) is 0 Å². The molecule has 0 bridgehead atoms. The van der Waals surface area contributed by atoms with E-state index in [2.05, 4.69) is 16.6 Å². The smallest absolute Gasteiger partial charge is 0.237 e. The van der Waals surface area contributed by atoms with Crippen LogP contribution in [-0.4, -0.2) is 24.0 Å². The average Bonchev–Trinajstić information content (AvgIpc) is 2.14. The summed E-state index contributed by atoms with van der Waals surface area (Å²) in [6, 6.07) is -0.148. The number of nitrogens with one attached hydrogen (secondary N) is 2. The molecule has 1 atom stereocenters. The third-order valence-electron chi connectivity index (χ3n) is 2.09. The molecule has 0 aromatic carbocycles. The maximum absolute atomic E-state index is 11.7. The van der Waals surface area contributed by atoms with Gasteiger partial charge in [-0.3, -0.25) is 4.79 Å². The highest BCUT2D eigenvalue weighted by atomic mass is 16.2. The van der Waals surface area contributed by atoms with Gasteiger partial charge in [0.2, 0.25) is 5.91 Å². The van der Waals surface area contributed by atoms with Crippen molar-refractivity contribution in [2.75, 3.05) is 6.54 Å². The van der Waals surface area contributed by atoms with Gasteiger partial charge in [-0.1, -0.05) is 0 Å². The first-order valence-electron chi connectivity index (χ1n) is 5.85. The molecule has 3 heteroatoms. The molecule has 0 radical (unpaired) electrons. The van der Waals surface area contributed by atoms with E-state index < -0.39 is 0 Å². The second-order valence-corrected chi connectivity index (χ2v) is 5.08. The van der Waals surface area contributed by atoms with Gasteiger partial charge in [-0.15, -0.1) is 12.3 Å². The molecule has 3 nitrogen and oxygen atoms in total. The summed E-state index contributed by atoms with van der Waals surface area (Å²) in [6.45, 7) is 8.64. The van der Waals surface area contributed by atoms with Gasteiger partial charge in [-0.25, -0.2) is 0 Å². The molecule has 0 aliphatic heterocycles. The molecule has 2 N–H and O–H groups in total. The Kier molecular flexibility index (Phi) is 6.83. The fraction of sp³-hybridized carbons (Fsp3) is 0.769. The highest BCUT2D eigenvalue weighted by molar-refractivity contribution is 5.81. The number of hydrogen-bond donors (Lipinski definition) is 2. The van der Waals surface area contributed by atoms with Crippen molar-refractivity contribution in [2.24, 2.45) is 0 Å². The van der Waals surface area contributed by atoms with Gasteiger partial charge in [0.25, 0.3) is 0 Å². The van der Waals surface area contributed by atoms with Gasteiger partial charge in [-0.2, -0.15) is 0 Å². The lowest BCUT2D eigenvalue weighted by molar-refractivity contribution is -0.124. The van der Waals surface area contributed by atoms with E-state index in [-0.39, 0.29) is 17.5 Å². The summed E-state index contributed by atoms with van der Waals surface area (Å²) in [7, 11) is 0. The van der Waals surface area contributed by atoms with E-state index in [4.69, 9.17) is 6.42 Å². The molecule has 16 heavy (non-hydrogen) atoms. The predicted molar refractivity (Wildman–Crippen MR) is 68.0 cm³/mol. The Labute approximate surface area is 99.4 Å². The Bertz CT molecular complexity index is 248. The van der Waals surface area contributed by atoms with Crippen molar-refractivity contribution >= 4 is 5.91 Å². The van der Waals surface area contributed by atoms with E-state index in [9.17, 15) is 4.79 Å². The van der Waals surface area contributed by atoms with Crippen LogP contribution in [-0.2, 0) is 4.79 Å². The molecule has 0 aliphatic rings. The van der Waals surface area contributed by atoms with Crippen molar-refractivity contribution in [2.45, 2.75) is 58.5 Å². The molecule has 0 fully saturated rings. The van der Waals surface area contributed by atoms with Crippen LogP contribution in [0.3, 0.4) is 0 Å². The summed E-state index contributed by atoms with van der Waals surface area (Å²) in [4.78, 5) is 11.7. The first-order valence-corrected chi connectivity index (χ1v) is 5.85. The van der Waals surface area contributed by atoms with Crippen LogP contribution in [0, 0.1) is 12.3 Å². The second kappa shape index (κ2) is 7.29. The second-order valence-electron chi connectivity index (χ2n) is 5.08. The molecule has 0 saturated carbocycles. The van der Waals surface area contributed by atoms with Crippen molar-refractivity contribution in [1.29, 1.82) is 0 Å². The van der Waals surface area contributed by atoms with Crippen molar-refractivity contribution in [3.63, 3.8) is 0 Å². The van der Waals surface area contributed by atoms with Crippen LogP contribution in [0.1, 0.15) is 47.0 Å². The van der Waals surface area contributed by atoms with E-state index in [0.29, 0.717) is 0 Å². The molecule has 0 rings (SSSR count). The monoisotopic (exact) mass is 224 g/mol. The zero-order valence-electron chi connectivity index (χ0n) is 10.9. The molecular formula is C13H24N2O. The lowest BCUT2D eigenvalue weighted by atomic mass is 10.1. The minimum Gasteiger partial charge on any atom is -0.350 e. The van der Waals surface area contributed by atoms with Crippen molar-refractivity contribution < 1.29 is 4.79 Å². The number of terminal acetylenes is 1. The summed E-state index contributed by atoms with van der Waals surface area (Å²) in [6.07, 6.45) is 7.99. The normalized spacial score (nSPS) is 12.9. The number of unbranched alkanes of at least 4 members (excludes halogenated alkanes) is 2. The number of carbonyl (C=O) groups excluding carboxylic acids is 1. The quantitative estimate of drug-likeness (QED) is 0.532. The standard InChI is InChI=1S/C13H24N2O/c1-6-7-8-9-10-14-11(2)12(16)15-13(3,4)5/h1,11,14H,7-10H2,2-5H3,(H,15,16). The first kappa shape index (κ1) is 15.0. The zero-order valence-corrected chi connectivity index (χ0v) is 10.9. The van der Waals surface area contributed by atoms with Crippen LogP contribution in [0.15, 0.2) is 0 Å². The van der Waals surface area contributed by atoms with Gasteiger partial charge >= 0.3 is 0 Å². The maximum atomic E-state index is 11.7. The molecular weight excluding hydrogens is 200 g/mol. The van der Waals surface area contributed by atoms with Gasteiger partial charge in [-0.05, 0) is 47.1 Å². The van der Waals surface area contributed by atoms with Gasteiger partial charge in [0, 0.05) is 12.0 Å². The van der Waals surface area contributed by atoms with Crippen LogP contribution < -0.4 is 10.6 Å². The molecule has 0 saturated heterocycles. The van der Waals surface area contributed by atoms with E-state index in [0.717, 1.165) is 25.8 Å². The largest absolute Gasteiger partial charge is 0.350 e. The Morgan fingerprint density at radius 2 is 2.00 bits per heavy atom. The molecule has 92 valence electrons. The number of amides is 1. The summed E-state index contributed by atoms with van der Waals surface area (Å²) in [5.74, 6) is 2.65. The van der Waals surface area contributed by atoms with Gasteiger partial charge in [0.15, 0.2) is 0 Å².